The van der Waals surface area contributed by atoms with Crippen molar-refractivity contribution in [1.29, 1.82) is 0 Å². The van der Waals surface area contributed by atoms with Crippen molar-refractivity contribution >= 4 is 11.5 Å². The molecule has 4 nitrogen and oxygen atoms in total. The molecule has 0 spiro atoms. The van der Waals surface area contributed by atoms with E-state index < -0.39 is 0 Å². The highest BCUT2D eigenvalue weighted by atomic mass is 16.1. The van der Waals surface area contributed by atoms with Crippen LogP contribution in [0.3, 0.4) is 0 Å². The van der Waals surface area contributed by atoms with Gasteiger partial charge < -0.3 is 9.47 Å². The van der Waals surface area contributed by atoms with Gasteiger partial charge in [0.15, 0.2) is 5.78 Å². The van der Waals surface area contributed by atoms with Gasteiger partial charge in [-0.05, 0) is 30.7 Å². The number of nitrogens with zero attached hydrogens (tertiary/aromatic N) is 3. The molecule has 0 N–H and O–H groups in total. The smallest absolute Gasteiger partial charge is 0.171 e. The van der Waals surface area contributed by atoms with Crippen LogP contribution in [0.25, 0.3) is 0 Å². The Morgan fingerprint density at radius 1 is 1.19 bits per heavy atom. The maximum Gasteiger partial charge on any atom is 0.171 e. The van der Waals surface area contributed by atoms with Gasteiger partial charge in [-0.3, -0.25) is 9.69 Å². The Morgan fingerprint density at radius 3 is 2.73 bits per heavy atom. The number of likely N-dealkylation sites (N-methyl/N-ethyl adjacent to an activating group) is 1. The van der Waals surface area contributed by atoms with Gasteiger partial charge >= 0.3 is 0 Å². The minimum Gasteiger partial charge on any atom is -0.349 e. The molecular weight excluding hydrogens is 322 g/mol. The molecule has 3 heterocycles. The Kier molecular flexibility index (Phi) is 4.03. The third kappa shape index (κ3) is 2.60. The lowest BCUT2D eigenvalue weighted by atomic mass is 9.83. The van der Waals surface area contributed by atoms with Gasteiger partial charge in [0.1, 0.15) is 0 Å². The Balaban J connectivity index is 1.55. The number of hydrogen-bond acceptors (Lipinski definition) is 3. The van der Waals surface area contributed by atoms with Gasteiger partial charge in [0, 0.05) is 60.9 Å². The lowest BCUT2D eigenvalue weighted by Crippen LogP contribution is -2.39. The number of ketones is 1. The molecule has 26 heavy (non-hydrogen) atoms. The third-order valence-electron chi connectivity index (χ3n) is 6.07. The number of allylic oxidation sites excluding steroid dienone is 1. The molecule has 1 aromatic heterocycles. The SMILES string of the molecule is CC1c2cccn2CCN1CC(=O)/C=C1/N(C)c2ccccc2C1(C)C. The van der Waals surface area contributed by atoms with E-state index in [1.54, 1.807) is 0 Å². The predicted octanol–water partition coefficient (Wildman–Crippen LogP) is 3.75. The van der Waals surface area contributed by atoms with Gasteiger partial charge in [0.25, 0.3) is 0 Å². The Hall–Kier alpha value is -2.33. The summed E-state index contributed by atoms with van der Waals surface area (Å²) < 4.78 is 2.29. The quantitative estimate of drug-likeness (QED) is 0.790. The molecule has 4 heteroatoms. The van der Waals surface area contributed by atoms with Crippen molar-refractivity contribution in [2.24, 2.45) is 0 Å². The zero-order valence-corrected chi connectivity index (χ0v) is 16.1. The van der Waals surface area contributed by atoms with Crippen molar-refractivity contribution in [3.05, 3.63) is 65.6 Å². The van der Waals surface area contributed by atoms with Crippen molar-refractivity contribution in [2.45, 2.75) is 38.8 Å². The van der Waals surface area contributed by atoms with Crippen LogP contribution in [0.5, 0.6) is 0 Å². The van der Waals surface area contributed by atoms with E-state index >= 15 is 0 Å². The summed E-state index contributed by atoms with van der Waals surface area (Å²) >= 11 is 0. The number of rotatable bonds is 3. The Bertz CT molecular complexity index is 877. The molecule has 1 unspecified atom stereocenters. The van der Waals surface area contributed by atoms with E-state index in [0.29, 0.717) is 6.54 Å². The molecule has 1 aromatic carbocycles. The van der Waals surface area contributed by atoms with E-state index in [1.807, 2.05) is 6.08 Å². The summed E-state index contributed by atoms with van der Waals surface area (Å²) in [6.07, 6.45) is 3.99. The molecule has 0 radical (unpaired) electrons. The van der Waals surface area contributed by atoms with Gasteiger partial charge in [-0.2, -0.15) is 0 Å². The first kappa shape index (κ1) is 17.1. The fourth-order valence-corrected chi connectivity index (χ4v) is 4.50. The zero-order chi connectivity index (χ0) is 18.5. The second-order valence-corrected chi connectivity index (χ2v) is 7.97. The summed E-state index contributed by atoms with van der Waals surface area (Å²) in [5.41, 5.74) is 4.70. The van der Waals surface area contributed by atoms with E-state index in [-0.39, 0.29) is 17.2 Å². The van der Waals surface area contributed by atoms with E-state index in [1.165, 1.54) is 16.9 Å². The third-order valence-corrected chi connectivity index (χ3v) is 6.07. The number of para-hydroxylation sites is 1. The first-order chi connectivity index (χ1) is 12.4. The number of aromatic nitrogens is 1. The van der Waals surface area contributed by atoms with Crippen LogP contribution in [-0.4, -0.2) is 35.4 Å². The summed E-state index contributed by atoms with van der Waals surface area (Å²) in [5, 5.41) is 0. The van der Waals surface area contributed by atoms with Crippen molar-refractivity contribution in [3.8, 4) is 0 Å². The standard InChI is InChI=1S/C22H27N3O/c1-16-19-10-7-11-24(19)12-13-25(16)15-17(26)14-21-22(2,3)18-8-5-6-9-20(18)23(21)4/h5-11,14,16H,12-13,15H2,1-4H3/b21-14+. The topological polar surface area (TPSA) is 28.5 Å². The fourth-order valence-electron chi connectivity index (χ4n) is 4.50. The Morgan fingerprint density at radius 2 is 1.96 bits per heavy atom. The largest absolute Gasteiger partial charge is 0.349 e. The summed E-state index contributed by atoms with van der Waals surface area (Å²) in [6, 6.07) is 12.9. The van der Waals surface area contributed by atoms with Crippen LogP contribution in [0, 0.1) is 0 Å². The van der Waals surface area contributed by atoms with E-state index in [9.17, 15) is 4.79 Å². The predicted molar refractivity (Wildman–Crippen MR) is 105 cm³/mol. The number of carbonyl (C=O) groups is 1. The summed E-state index contributed by atoms with van der Waals surface area (Å²) in [4.78, 5) is 17.3. The second-order valence-electron chi connectivity index (χ2n) is 7.97. The highest BCUT2D eigenvalue weighted by molar-refractivity contribution is 5.94. The maximum atomic E-state index is 12.9. The monoisotopic (exact) mass is 349 g/mol. The molecule has 0 amide bonds. The van der Waals surface area contributed by atoms with E-state index in [4.69, 9.17) is 0 Å². The minimum absolute atomic E-state index is 0.150. The van der Waals surface area contributed by atoms with E-state index in [2.05, 4.69) is 84.8 Å². The van der Waals surface area contributed by atoms with Gasteiger partial charge in [-0.25, -0.2) is 0 Å². The number of fused-ring (bicyclic) bond motifs is 2. The normalized spacial score (nSPS) is 23.2. The van der Waals surface area contributed by atoms with Crippen LogP contribution in [0.2, 0.25) is 0 Å². The molecule has 2 aliphatic rings. The lowest BCUT2D eigenvalue weighted by Gasteiger charge is -2.34. The Labute approximate surface area is 155 Å². The zero-order valence-electron chi connectivity index (χ0n) is 16.1. The van der Waals surface area contributed by atoms with Gasteiger partial charge in [-0.1, -0.05) is 32.0 Å². The molecular formula is C22H27N3O. The van der Waals surface area contributed by atoms with E-state index in [0.717, 1.165) is 18.8 Å². The summed E-state index contributed by atoms with van der Waals surface area (Å²) in [5.74, 6) is 0.180. The molecule has 0 aliphatic carbocycles. The molecule has 136 valence electrons. The highest BCUT2D eigenvalue weighted by Crippen LogP contribution is 2.46. The van der Waals surface area contributed by atoms with Crippen LogP contribution in [-0.2, 0) is 16.8 Å². The first-order valence-electron chi connectivity index (χ1n) is 9.37. The maximum absolute atomic E-state index is 12.9. The van der Waals surface area contributed by atoms with Crippen LogP contribution >= 0.6 is 0 Å². The van der Waals surface area contributed by atoms with Crippen molar-refractivity contribution in [3.63, 3.8) is 0 Å². The summed E-state index contributed by atoms with van der Waals surface area (Å²) in [7, 11) is 2.06. The molecule has 4 rings (SSSR count). The summed E-state index contributed by atoms with van der Waals surface area (Å²) in [6.45, 7) is 8.92. The molecule has 2 aromatic rings. The minimum atomic E-state index is -0.150. The molecule has 0 fully saturated rings. The second kappa shape index (κ2) is 6.13. The molecule has 0 saturated heterocycles. The highest BCUT2D eigenvalue weighted by Gasteiger charge is 2.38. The van der Waals surface area contributed by atoms with Crippen molar-refractivity contribution in [1.82, 2.24) is 9.47 Å². The van der Waals surface area contributed by atoms with Crippen LogP contribution in [0.4, 0.5) is 5.69 Å². The molecule has 0 saturated carbocycles. The molecule has 1 atom stereocenters. The van der Waals surface area contributed by atoms with Crippen LogP contribution in [0.15, 0.2) is 54.4 Å². The molecule has 0 bridgehead atoms. The van der Waals surface area contributed by atoms with Crippen LogP contribution < -0.4 is 4.90 Å². The van der Waals surface area contributed by atoms with Crippen molar-refractivity contribution in [2.75, 3.05) is 25.0 Å². The molecule has 2 aliphatic heterocycles. The number of anilines is 1. The average molecular weight is 349 g/mol. The number of benzene rings is 1. The van der Waals surface area contributed by atoms with Crippen molar-refractivity contribution < 1.29 is 4.79 Å². The fraction of sp³-hybridized carbons (Fsp3) is 0.409. The lowest BCUT2D eigenvalue weighted by molar-refractivity contribution is -0.116. The first-order valence-corrected chi connectivity index (χ1v) is 9.37. The van der Waals surface area contributed by atoms with Gasteiger partial charge in [0.2, 0.25) is 0 Å². The van der Waals surface area contributed by atoms with Gasteiger partial charge in [0.05, 0.1) is 6.54 Å². The number of carbonyl (C=O) groups excluding carboxylic acids is 1. The van der Waals surface area contributed by atoms with Gasteiger partial charge in [-0.15, -0.1) is 0 Å². The average Bonchev–Trinajstić information content (AvgIpc) is 3.17. The van der Waals surface area contributed by atoms with Crippen LogP contribution in [0.1, 0.15) is 38.1 Å². The number of hydrogen-bond donors (Lipinski definition) is 0.